The van der Waals surface area contributed by atoms with Gasteiger partial charge < -0.3 is 14.7 Å². The molecule has 23 heavy (non-hydrogen) atoms. The highest BCUT2D eigenvalue weighted by molar-refractivity contribution is 6.01. The van der Waals surface area contributed by atoms with Crippen molar-refractivity contribution >= 4 is 22.1 Å². The molecule has 118 valence electrons. The Kier molecular flexibility index (Phi) is 3.31. The molecule has 4 rings (SSSR count). The van der Waals surface area contributed by atoms with E-state index in [4.69, 9.17) is 5.26 Å². The van der Waals surface area contributed by atoms with Crippen LogP contribution in [0.5, 0.6) is 0 Å². The van der Waals surface area contributed by atoms with Crippen molar-refractivity contribution in [3.8, 4) is 6.07 Å². The largest absolute Gasteiger partial charge is 0.385 e. The maximum atomic E-state index is 10.2. The van der Waals surface area contributed by atoms with Gasteiger partial charge in [-0.05, 0) is 38.7 Å². The zero-order valence-corrected chi connectivity index (χ0v) is 13.0. The predicted octanol–water partition coefficient (Wildman–Crippen LogP) is 3.22. The summed E-state index contributed by atoms with van der Waals surface area (Å²) in [4.78, 5) is 12.2. The molecule has 3 aromatic heterocycles. The number of nitrogens with zero attached hydrogens (tertiary/aromatic N) is 4. The molecule has 0 saturated heterocycles. The molecule has 1 fully saturated rings. The van der Waals surface area contributed by atoms with E-state index in [0.29, 0.717) is 5.82 Å². The smallest absolute Gasteiger partial charge is 0.139 e. The summed E-state index contributed by atoms with van der Waals surface area (Å²) in [5.41, 5.74) is 2.68. The molecule has 3 heterocycles. The first-order valence-corrected chi connectivity index (χ1v) is 8.10. The first kappa shape index (κ1) is 14.2. The van der Waals surface area contributed by atoms with E-state index >= 15 is 0 Å². The fourth-order valence-electron chi connectivity index (χ4n) is 3.74. The van der Waals surface area contributed by atoms with Gasteiger partial charge in [0.25, 0.3) is 0 Å². The minimum atomic E-state index is -0.634. The van der Waals surface area contributed by atoms with Gasteiger partial charge in [0.05, 0.1) is 17.8 Å². The summed E-state index contributed by atoms with van der Waals surface area (Å²) >= 11 is 0. The van der Waals surface area contributed by atoms with Gasteiger partial charge in [-0.25, -0.2) is 9.97 Å². The van der Waals surface area contributed by atoms with Crippen LogP contribution in [0, 0.1) is 17.2 Å². The fraction of sp³-hybridized carbons (Fsp3) is 0.471. The van der Waals surface area contributed by atoms with Crippen LogP contribution >= 0.6 is 0 Å². The van der Waals surface area contributed by atoms with Crippen molar-refractivity contribution in [2.75, 3.05) is 0 Å². The van der Waals surface area contributed by atoms with Gasteiger partial charge in [0.1, 0.15) is 23.1 Å². The number of fused-ring (bicyclic) bond motifs is 3. The van der Waals surface area contributed by atoms with Gasteiger partial charge in [-0.1, -0.05) is 0 Å². The van der Waals surface area contributed by atoms with E-state index in [1.165, 1.54) is 0 Å². The molecule has 0 radical (unpaired) electrons. The zero-order valence-electron chi connectivity index (χ0n) is 13.0. The third-order valence-electron chi connectivity index (χ3n) is 4.88. The number of nitrogens with one attached hydrogen (secondary N) is 1. The second-order valence-electron chi connectivity index (χ2n) is 6.38. The van der Waals surface area contributed by atoms with Gasteiger partial charge in [0.2, 0.25) is 0 Å². The zero-order chi connectivity index (χ0) is 16.0. The number of aliphatic hydroxyl groups is 1. The minimum absolute atomic E-state index is 0.157. The highest BCUT2D eigenvalue weighted by atomic mass is 16.3. The molecule has 1 unspecified atom stereocenters. The first-order chi connectivity index (χ1) is 11.2. The fourth-order valence-corrected chi connectivity index (χ4v) is 3.74. The third kappa shape index (κ3) is 2.20. The Balaban J connectivity index is 1.90. The summed E-state index contributed by atoms with van der Waals surface area (Å²) < 4.78 is 2.19. The molecule has 3 aromatic rings. The Hall–Kier alpha value is -2.39. The number of aliphatic hydroxyl groups excluding tert-OH is 1. The van der Waals surface area contributed by atoms with Crippen LogP contribution in [0.2, 0.25) is 0 Å². The summed E-state index contributed by atoms with van der Waals surface area (Å²) in [7, 11) is 0. The molecule has 0 bridgehead atoms. The summed E-state index contributed by atoms with van der Waals surface area (Å²) in [6.07, 6.45) is 6.70. The number of aromatic amines is 1. The van der Waals surface area contributed by atoms with Gasteiger partial charge in [-0.2, -0.15) is 5.26 Å². The van der Waals surface area contributed by atoms with Crippen molar-refractivity contribution in [3.63, 3.8) is 0 Å². The molecular weight excluding hydrogens is 290 g/mol. The molecule has 0 amide bonds. The Morgan fingerprint density at radius 1 is 1.39 bits per heavy atom. The molecule has 2 N–H and O–H groups in total. The van der Waals surface area contributed by atoms with Crippen LogP contribution in [0.15, 0.2) is 18.5 Å². The lowest BCUT2D eigenvalue weighted by atomic mass is 9.86. The van der Waals surface area contributed by atoms with E-state index in [1.807, 2.05) is 12.3 Å². The summed E-state index contributed by atoms with van der Waals surface area (Å²) in [5, 5.41) is 20.3. The van der Waals surface area contributed by atoms with Crippen LogP contribution in [-0.2, 0) is 0 Å². The quantitative estimate of drug-likeness (QED) is 0.760. The summed E-state index contributed by atoms with van der Waals surface area (Å²) in [6.45, 7) is 1.75. The predicted molar refractivity (Wildman–Crippen MR) is 86.6 cm³/mol. The average molecular weight is 309 g/mol. The summed E-state index contributed by atoms with van der Waals surface area (Å²) in [6, 6.07) is 4.66. The lowest BCUT2D eigenvalue weighted by Crippen LogP contribution is -2.20. The molecular formula is C17H19N5O. The number of imidazole rings is 1. The second kappa shape index (κ2) is 5.36. The van der Waals surface area contributed by atoms with E-state index in [0.717, 1.165) is 47.8 Å². The van der Waals surface area contributed by atoms with Crippen LogP contribution < -0.4 is 0 Å². The van der Waals surface area contributed by atoms with Crippen LogP contribution in [0.4, 0.5) is 0 Å². The average Bonchev–Trinajstić information content (AvgIpc) is 3.18. The number of rotatable bonds is 2. The Labute approximate surface area is 133 Å². The molecule has 1 aliphatic carbocycles. The third-order valence-corrected chi connectivity index (χ3v) is 4.88. The highest BCUT2D eigenvalue weighted by Crippen LogP contribution is 2.37. The van der Waals surface area contributed by atoms with Crippen molar-refractivity contribution in [1.82, 2.24) is 19.5 Å². The number of H-pyrrole nitrogens is 1. The molecule has 1 saturated carbocycles. The number of hydrogen-bond donors (Lipinski definition) is 2. The van der Waals surface area contributed by atoms with Gasteiger partial charge in [-0.15, -0.1) is 0 Å². The standard InChI is InChI=1S/C17H19N5O/c1-10(23)17-21-14-9-20-16-13(6-7-19-16)15(14)22(17)12-4-2-11(8-18)3-5-12/h6-7,9-12,23H,2-5H2,1H3,(H,19,20). The monoisotopic (exact) mass is 309 g/mol. The maximum Gasteiger partial charge on any atom is 0.139 e. The number of aromatic nitrogens is 4. The number of pyridine rings is 1. The molecule has 0 aliphatic heterocycles. The Morgan fingerprint density at radius 2 is 2.17 bits per heavy atom. The highest BCUT2D eigenvalue weighted by Gasteiger charge is 2.27. The number of nitriles is 1. The molecule has 6 nitrogen and oxygen atoms in total. The molecule has 6 heteroatoms. The van der Waals surface area contributed by atoms with Gasteiger partial charge in [-0.3, -0.25) is 0 Å². The van der Waals surface area contributed by atoms with Gasteiger partial charge in [0.15, 0.2) is 0 Å². The summed E-state index contributed by atoms with van der Waals surface area (Å²) in [5.74, 6) is 0.848. The maximum absolute atomic E-state index is 10.2. The van der Waals surface area contributed by atoms with Gasteiger partial charge >= 0.3 is 0 Å². The first-order valence-electron chi connectivity index (χ1n) is 8.10. The second-order valence-corrected chi connectivity index (χ2v) is 6.38. The molecule has 1 aliphatic rings. The van der Waals surface area contributed by atoms with Crippen molar-refractivity contribution < 1.29 is 5.11 Å². The van der Waals surface area contributed by atoms with Gasteiger partial charge in [0, 0.05) is 23.5 Å². The van der Waals surface area contributed by atoms with E-state index in [9.17, 15) is 5.11 Å². The van der Waals surface area contributed by atoms with Crippen molar-refractivity contribution in [2.24, 2.45) is 5.92 Å². The molecule has 0 spiro atoms. The Bertz CT molecular complexity index is 893. The van der Waals surface area contributed by atoms with Crippen LogP contribution in [0.1, 0.15) is 50.6 Å². The lowest BCUT2D eigenvalue weighted by Gasteiger charge is -2.28. The minimum Gasteiger partial charge on any atom is -0.385 e. The normalized spacial score (nSPS) is 23.2. The van der Waals surface area contributed by atoms with Crippen LogP contribution in [0.25, 0.3) is 22.1 Å². The van der Waals surface area contributed by atoms with Crippen molar-refractivity contribution in [1.29, 1.82) is 5.26 Å². The Morgan fingerprint density at radius 3 is 2.87 bits per heavy atom. The van der Waals surface area contributed by atoms with E-state index in [-0.39, 0.29) is 12.0 Å². The van der Waals surface area contributed by atoms with E-state index in [2.05, 4.69) is 25.6 Å². The number of hydrogen-bond acceptors (Lipinski definition) is 4. The molecule has 0 aromatic carbocycles. The van der Waals surface area contributed by atoms with Crippen LogP contribution in [-0.4, -0.2) is 24.6 Å². The van der Waals surface area contributed by atoms with Crippen molar-refractivity contribution in [3.05, 3.63) is 24.3 Å². The van der Waals surface area contributed by atoms with E-state index < -0.39 is 6.10 Å². The molecule has 1 atom stereocenters. The lowest BCUT2D eigenvalue weighted by molar-refractivity contribution is 0.177. The SMILES string of the molecule is CC(O)c1nc2cnc3[nH]ccc3c2n1C1CCC(C#N)CC1. The van der Waals surface area contributed by atoms with E-state index in [1.54, 1.807) is 13.1 Å². The van der Waals surface area contributed by atoms with Crippen LogP contribution in [0.3, 0.4) is 0 Å². The van der Waals surface area contributed by atoms with Crippen molar-refractivity contribution in [2.45, 2.75) is 44.8 Å². The topological polar surface area (TPSA) is 90.5 Å².